The van der Waals surface area contributed by atoms with Gasteiger partial charge in [-0.2, -0.15) is 18.1 Å². The van der Waals surface area contributed by atoms with Crippen molar-refractivity contribution in [2.75, 3.05) is 5.32 Å². The van der Waals surface area contributed by atoms with E-state index in [2.05, 4.69) is 19.4 Å². The second-order valence-electron chi connectivity index (χ2n) is 4.79. The molecule has 25 heavy (non-hydrogen) atoms. The fourth-order valence-electron chi connectivity index (χ4n) is 1.95. The Morgan fingerprint density at radius 3 is 2.44 bits per heavy atom. The van der Waals surface area contributed by atoms with Crippen molar-refractivity contribution in [1.29, 1.82) is 0 Å². The van der Waals surface area contributed by atoms with Crippen molar-refractivity contribution in [1.82, 2.24) is 9.36 Å². The maximum atomic E-state index is 12.1. The molecule has 0 radical (unpaired) electrons. The first kappa shape index (κ1) is 17.2. The molecule has 0 atom stereocenters. The van der Waals surface area contributed by atoms with Gasteiger partial charge in [0.1, 0.15) is 5.75 Å². The fraction of sp³-hybridized carbons (Fsp3) is 0.0625. The maximum absolute atomic E-state index is 12.1. The van der Waals surface area contributed by atoms with Gasteiger partial charge >= 0.3 is 6.61 Å². The van der Waals surface area contributed by atoms with Crippen molar-refractivity contribution < 1.29 is 18.3 Å². The lowest BCUT2D eigenvalue weighted by Gasteiger charge is -2.04. The molecule has 1 N–H and O–H groups in total. The standard InChI is InChI=1S/C16H10ClF2N3O2S/c17-11-5-1-10(2-6-11)14(23)21-16-20-13(22-25-16)9-3-7-12(8-4-9)24-15(18)19/h1-8,15H,(H,20,21,22,23). The van der Waals surface area contributed by atoms with Gasteiger partial charge < -0.3 is 4.74 Å². The van der Waals surface area contributed by atoms with Gasteiger partial charge in [0.2, 0.25) is 5.13 Å². The lowest BCUT2D eigenvalue weighted by atomic mass is 10.2. The Morgan fingerprint density at radius 1 is 1.12 bits per heavy atom. The first-order valence-corrected chi connectivity index (χ1v) is 8.12. The van der Waals surface area contributed by atoms with E-state index in [0.29, 0.717) is 27.1 Å². The number of carbonyl (C=O) groups is 1. The van der Waals surface area contributed by atoms with E-state index in [1.54, 1.807) is 36.4 Å². The van der Waals surface area contributed by atoms with Crippen molar-refractivity contribution in [3.63, 3.8) is 0 Å². The van der Waals surface area contributed by atoms with Crippen LogP contribution in [0, 0.1) is 0 Å². The molecule has 0 aliphatic carbocycles. The Hall–Kier alpha value is -2.58. The highest BCUT2D eigenvalue weighted by molar-refractivity contribution is 7.10. The molecule has 0 spiro atoms. The first-order valence-electron chi connectivity index (χ1n) is 6.97. The Kier molecular flexibility index (Phi) is 5.20. The molecule has 128 valence electrons. The smallest absolute Gasteiger partial charge is 0.387 e. The van der Waals surface area contributed by atoms with Gasteiger partial charge in [-0.1, -0.05) is 11.6 Å². The predicted octanol–water partition coefficient (Wildman–Crippen LogP) is 4.71. The van der Waals surface area contributed by atoms with Gasteiger partial charge in [0, 0.05) is 27.7 Å². The largest absolute Gasteiger partial charge is 0.435 e. The van der Waals surface area contributed by atoms with Crippen LogP contribution in [0.1, 0.15) is 10.4 Å². The molecule has 2 aromatic carbocycles. The van der Waals surface area contributed by atoms with Gasteiger partial charge in [-0.15, -0.1) is 0 Å². The quantitative estimate of drug-likeness (QED) is 0.695. The van der Waals surface area contributed by atoms with Crippen molar-refractivity contribution >= 4 is 34.2 Å². The Morgan fingerprint density at radius 2 is 1.80 bits per heavy atom. The number of carbonyl (C=O) groups excluding carboxylic acids is 1. The molecule has 1 heterocycles. The summed E-state index contributed by atoms with van der Waals surface area (Å²) < 4.78 is 32.7. The molecule has 0 aliphatic heterocycles. The summed E-state index contributed by atoms with van der Waals surface area (Å²) >= 11 is 6.80. The van der Waals surface area contributed by atoms with E-state index in [1.807, 2.05) is 0 Å². The molecule has 0 fully saturated rings. The van der Waals surface area contributed by atoms with E-state index in [1.165, 1.54) is 12.1 Å². The molecule has 9 heteroatoms. The maximum Gasteiger partial charge on any atom is 0.387 e. The summed E-state index contributed by atoms with van der Waals surface area (Å²) in [6, 6.07) is 12.3. The van der Waals surface area contributed by atoms with Crippen LogP contribution in [0.25, 0.3) is 11.4 Å². The zero-order valence-corrected chi connectivity index (χ0v) is 14.0. The van der Waals surface area contributed by atoms with Gasteiger partial charge in [-0.3, -0.25) is 10.1 Å². The molecule has 0 bridgehead atoms. The summed E-state index contributed by atoms with van der Waals surface area (Å²) in [6.45, 7) is -2.88. The normalized spacial score (nSPS) is 10.7. The molecule has 0 saturated heterocycles. The molecule has 0 unspecified atom stereocenters. The zero-order valence-electron chi connectivity index (χ0n) is 12.4. The summed E-state index contributed by atoms with van der Waals surface area (Å²) in [5.74, 6) is 0.0882. The van der Waals surface area contributed by atoms with Crippen LogP contribution in [0.3, 0.4) is 0 Å². The van der Waals surface area contributed by atoms with Crippen LogP contribution in [0.15, 0.2) is 48.5 Å². The van der Waals surface area contributed by atoms with E-state index in [9.17, 15) is 13.6 Å². The van der Waals surface area contributed by atoms with Gasteiger partial charge in [0.15, 0.2) is 5.82 Å². The number of amides is 1. The average Bonchev–Trinajstić information content (AvgIpc) is 3.04. The SMILES string of the molecule is O=C(Nc1nc(-c2ccc(OC(F)F)cc2)ns1)c1ccc(Cl)cc1. The molecule has 5 nitrogen and oxygen atoms in total. The van der Waals surface area contributed by atoms with Crippen LogP contribution in [-0.4, -0.2) is 21.9 Å². The lowest BCUT2D eigenvalue weighted by Crippen LogP contribution is -2.11. The van der Waals surface area contributed by atoms with E-state index in [-0.39, 0.29) is 11.7 Å². The molecule has 3 rings (SSSR count). The Bertz CT molecular complexity index is 870. The van der Waals surface area contributed by atoms with Gasteiger partial charge in [0.25, 0.3) is 5.91 Å². The van der Waals surface area contributed by atoms with Crippen molar-refractivity contribution in [3.05, 3.63) is 59.1 Å². The monoisotopic (exact) mass is 381 g/mol. The summed E-state index contributed by atoms with van der Waals surface area (Å²) in [4.78, 5) is 16.3. The summed E-state index contributed by atoms with van der Waals surface area (Å²) in [5, 5.41) is 3.50. The number of ether oxygens (including phenoxy) is 1. The van der Waals surface area contributed by atoms with Gasteiger partial charge in [-0.25, -0.2) is 0 Å². The fourth-order valence-corrected chi connectivity index (χ4v) is 2.66. The summed E-state index contributed by atoms with van der Waals surface area (Å²) in [7, 11) is 0. The number of nitrogens with zero attached hydrogens (tertiary/aromatic N) is 2. The van der Waals surface area contributed by atoms with Crippen LogP contribution < -0.4 is 10.1 Å². The highest BCUT2D eigenvalue weighted by Crippen LogP contribution is 2.24. The number of halogens is 3. The third kappa shape index (κ3) is 4.49. The number of rotatable bonds is 5. The number of anilines is 1. The second-order valence-corrected chi connectivity index (χ2v) is 5.98. The minimum absolute atomic E-state index is 0.0465. The topological polar surface area (TPSA) is 64.1 Å². The number of hydrogen-bond acceptors (Lipinski definition) is 5. The molecule has 1 aromatic heterocycles. The molecule has 1 amide bonds. The van der Waals surface area contributed by atoms with E-state index >= 15 is 0 Å². The van der Waals surface area contributed by atoms with Crippen molar-refractivity contribution in [2.24, 2.45) is 0 Å². The number of hydrogen-bond donors (Lipinski definition) is 1. The average molecular weight is 382 g/mol. The zero-order chi connectivity index (χ0) is 17.8. The molecular formula is C16H10ClF2N3O2S. The Labute approximate surface area is 150 Å². The van der Waals surface area contributed by atoms with Crippen molar-refractivity contribution in [2.45, 2.75) is 6.61 Å². The van der Waals surface area contributed by atoms with Gasteiger partial charge in [-0.05, 0) is 48.5 Å². The lowest BCUT2D eigenvalue weighted by molar-refractivity contribution is -0.0498. The number of aromatic nitrogens is 2. The summed E-state index contributed by atoms with van der Waals surface area (Å²) in [6.07, 6.45) is 0. The predicted molar refractivity (Wildman–Crippen MR) is 91.4 cm³/mol. The molecule has 0 aliphatic rings. The highest BCUT2D eigenvalue weighted by Gasteiger charge is 2.12. The molecular weight excluding hydrogens is 372 g/mol. The second kappa shape index (κ2) is 7.54. The Balaban J connectivity index is 1.69. The minimum Gasteiger partial charge on any atom is -0.435 e. The van der Waals surface area contributed by atoms with Crippen LogP contribution >= 0.6 is 23.1 Å². The van der Waals surface area contributed by atoms with Crippen LogP contribution in [0.2, 0.25) is 5.02 Å². The van der Waals surface area contributed by atoms with Gasteiger partial charge in [0.05, 0.1) is 0 Å². The molecule has 0 saturated carbocycles. The number of alkyl halides is 2. The molecule has 3 aromatic rings. The number of nitrogens with one attached hydrogen (secondary N) is 1. The van der Waals surface area contributed by atoms with E-state index in [4.69, 9.17) is 11.6 Å². The third-order valence-corrected chi connectivity index (χ3v) is 3.97. The van der Waals surface area contributed by atoms with Crippen LogP contribution in [0.5, 0.6) is 5.75 Å². The van der Waals surface area contributed by atoms with Crippen LogP contribution in [0.4, 0.5) is 13.9 Å². The van der Waals surface area contributed by atoms with E-state index in [0.717, 1.165) is 11.5 Å². The minimum atomic E-state index is -2.88. The number of benzene rings is 2. The highest BCUT2D eigenvalue weighted by atomic mass is 35.5. The third-order valence-electron chi connectivity index (χ3n) is 3.09. The van der Waals surface area contributed by atoms with E-state index < -0.39 is 6.61 Å². The van der Waals surface area contributed by atoms with Crippen molar-refractivity contribution in [3.8, 4) is 17.1 Å². The summed E-state index contributed by atoms with van der Waals surface area (Å²) in [5.41, 5.74) is 1.06. The van der Waals surface area contributed by atoms with Crippen LogP contribution in [-0.2, 0) is 0 Å². The first-order chi connectivity index (χ1) is 12.0.